The number of carbonyl (C=O) groups excluding carboxylic acids is 1. The summed E-state index contributed by atoms with van der Waals surface area (Å²) in [7, 11) is 1.32. The molecule has 2 aliphatic rings. The normalized spacial score (nSPS) is 37.5. The second-order valence-electron chi connectivity index (χ2n) is 11.6. The number of hydrogen-bond donors (Lipinski definition) is 3. The molecule has 0 radical (unpaired) electrons. The van der Waals surface area contributed by atoms with Crippen molar-refractivity contribution in [2.24, 2.45) is 28.6 Å². The number of fused-ring (bicyclic) bond motifs is 1. The molecule has 2 rings (SSSR count). The van der Waals surface area contributed by atoms with Crippen molar-refractivity contribution in [1.29, 1.82) is 0 Å². The third-order valence-electron chi connectivity index (χ3n) is 9.18. The van der Waals surface area contributed by atoms with Crippen LogP contribution >= 0.6 is 0 Å². The van der Waals surface area contributed by atoms with Gasteiger partial charge in [-0.2, -0.15) is 0 Å². The average Bonchev–Trinajstić information content (AvgIpc) is 2.67. The lowest BCUT2D eigenvalue weighted by Gasteiger charge is -2.63. The minimum atomic E-state index is -0.951. The topological polar surface area (TPSA) is 87.0 Å². The highest BCUT2D eigenvalue weighted by Crippen LogP contribution is 2.62. The highest BCUT2D eigenvalue weighted by molar-refractivity contribution is 5.72. The summed E-state index contributed by atoms with van der Waals surface area (Å²) >= 11 is 0. The van der Waals surface area contributed by atoms with Crippen LogP contribution < -0.4 is 0 Å². The van der Waals surface area contributed by atoms with Crippen molar-refractivity contribution in [3.8, 4) is 0 Å². The van der Waals surface area contributed by atoms with Crippen LogP contribution in [0.2, 0.25) is 0 Å². The van der Waals surface area contributed by atoms with E-state index in [1.54, 1.807) is 6.92 Å². The lowest BCUT2D eigenvalue weighted by atomic mass is 9.45. The molecule has 5 nitrogen and oxygen atoms in total. The molecule has 176 valence electrons. The van der Waals surface area contributed by atoms with Crippen LogP contribution in [0.5, 0.6) is 0 Å². The molecule has 0 aliphatic heterocycles. The van der Waals surface area contributed by atoms with Crippen LogP contribution in [0.15, 0.2) is 0 Å². The average molecular weight is 427 g/mol. The van der Waals surface area contributed by atoms with E-state index in [9.17, 15) is 20.1 Å². The predicted octanol–water partition coefficient (Wildman–Crippen LogP) is 4.46. The zero-order chi connectivity index (χ0) is 23.0. The van der Waals surface area contributed by atoms with Crippen molar-refractivity contribution in [3.05, 3.63) is 0 Å². The Morgan fingerprint density at radius 3 is 2.43 bits per heavy atom. The lowest BCUT2D eigenvalue weighted by molar-refractivity contribution is -0.223. The molecule has 3 N–H and O–H groups in total. The molecule has 0 spiro atoms. The van der Waals surface area contributed by atoms with Crippen LogP contribution in [0, 0.1) is 28.6 Å². The van der Waals surface area contributed by atoms with Crippen molar-refractivity contribution in [1.82, 2.24) is 0 Å². The molecular formula is C25H46O5. The van der Waals surface area contributed by atoms with Crippen LogP contribution in [0.4, 0.5) is 0 Å². The quantitative estimate of drug-likeness (QED) is 0.499. The molecule has 0 bridgehead atoms. The zero-order valence-corrected chi connectivity index (χ0v) is 20.3. The van der Waals surface area contributed by atoms with Crippen molar-refractivity contribution in [2.75, 3.05) is 7.11 Å². The number of hydrogen-bond acceptors (Lipinski definition) is 5. The number of methoxy groups -OCH3 is 1. The summed E-state index contributed by atoms with van der Waals surface area (Å²) in [6.07, 6.45) is 6.51. The summed E-state index contributed by atoms with van der Waals surface area (Å²) in [5, 5.41) is 33.4. The molecule has 0 amide bonds. The van der Waals surface area contributed by atoms with Gasteiger partial charge in [-0.15, -0.1) is 0 Å². The van der Waals surface area contributed by atoms with Gasteiger partial charge in [-0.1, -0.05) is 34.1 Å². The number of carbonyl (C=O) groups is 1. The Hall–Kier alpha value is -0.650. The highest BCUT2D eigenvalue weighted by atomic mass is 16.5. The van der Waals surface area contributed by atoms with Crippen molar-refractivity contribution in [3.63, 3.8) is 0 Å². The smallest absolute Gasteiger partial charge is 0.311 e. The number of ether oxygens (including phenoxy) is 1. The van der Waals surface area contributed by atoms with Gasteiger partial charge in [0.05, 0.1) is 30.3 Å². The van der Waals surface area contributed by atoms with E-state index in [2.05, 4.69) is 27.7 Å². The third-order valence-corrected chi connectivity index (χ3v) is 9.18. The molecule has 0 unspecified atom stereocenters. The van der Waals surface area contributed by atoms with Crippen LogP contribution in [-0.2, 0) is 9.53 Å². The zero-order valence-electron chi connectivity index (χ0n) is 20.3. The van der Waals surface area contributed by atoms with Crippen LogP contribution in [0.25, 0.3) is 0 Å². The Labute approximate surface area is 183 Å². The Balaban J connectivity index is 2.07. The summed E-state index contributed by atoms with van der Waals surface area (Å²) in [4.78, 5) is 11.6. The van der Waals surface area contributed by atoms with Gasteiger partial charge in [-0.3, -0.25) is 4.79 Å². The third kappa shape index (κ3) is 4.88. The number of esters is 1. The first-order valence-corrected chi connectivity index (χ1v) is 11.9. The van der Waals surface area contributed by atoms with Crippen molar-refractivity contribution < 1.29 is 24.9 Å². The molecule has 0 heterocycles. The minimum Gasteiger partial charge on any atom is -0.469 e. The van der Waals surface area contributed by atoms with Gasteiger partial charge in [0.2, 0.25) is 0 Å². The molecule has 30 heavy (non-hydrogen) atoms. The summed E-state index contributed by atoms with van der Waals surface area (Å²) in [6.45, 7) is 12.6. The van der Waals surface area contributed by atoms with Crippen LogP contribution in [0.1, 0.15) is 99.3 Å². The van der Waals surface area contributed by atoms with Gasteiger partial charge >= 0.3 is 5.97 Å². The van der Waals surface area contributed by atoms with Crippen LogP contribution in [0.3, 0.4) is 0 Å². The van der Waals surface area contributed by atoms with Gasteiger partial charge in [0, 0.05) is 0 Å². The first kappa shape index (κ1) is 25.6. The van der Waals surface area contributed by atoms with E-state index < -0.39 is 29.2 Å². The Morgan fingerprint density at radius 2 is 1.83 bits per heavy atom. The minimum absolute atomic E-state index is 0.144. The first-order valence-electron chi connectivity index (χ1n) is 11.9. The van der Waals surface area contributed by atoms with Gasteiger partial charge in [-0.05, 0) is 87.9 Å². The molecule has 2 saturated carbocycles. The molecule has 0 aromatic rings. The van der Waals surface area contributed by atoms with Gasteiger partial charge < -0.3 is 20.1 Å². The van der Waals surface area contributed by atoms with Crippen LogP contribution in [-0.4, -0.2) is 45.7 Å². The van der Waals surface area contributed by atoms with Gasteiger partial charge in [0.25, 0.3) is 0 Å². The van der Waals surface area contributed by atoms with E-state index in [0.29, 0.717) is 31.1 Å². The number of aliphatic hydroxyl groups excluding tert-OH is 1. The molecule has 2 fully saturated rings. The molecule has 2 aliphatic carbocycles. The van der Waals surface area contributed by atoms with E-state index >= 15 is 0 Å². The van der Waals surface area contributed by atoms with Crippen molar-refractivity contribution >= 4 is 5.97 Å². The number of rotatable bonds is 8. The summed E-state index contributed by atoms with van der Waals surface area (Å²) in [6, 6.07) is 0. The SMILES string of the molecule is COC(=O)[C@@H](C)[C@@H](O)CC[C@](C)(O)CC[C@]1(C)[C@H](C)CC[C@H]2C(C)(C)CCC[C@]21O. The molecule has 0 aromatic heterocycles. The molecule has 0 aromatic carbocycles. The first-order chi connectivity index (χ1) is 13.7. The largest absolute Gasteiger partial charge is 0.469 e. The van der Waals surface area contributed by atoms with E-state index in [1.807, 2.05) is 6.92 Å². The van der Waals surface area contributed by atoms with Gasteiger partial charge in [0.1, 0.15) is 0 Å². The molecular weight excluding hydrogens is 380 g/mol. The lowest BCUT2D eigenvalue weighted by Crippen LogP contribution is -2.63. The maximum Gasteiger partial charge on any atom is 0.311 e. The maximum atomic E-state index is 12.0. The molecule has 5 heteroatoms. The Bertz CT molecular complexity index is 600. The predicted molar refractivity (Wildman–Crippen MR) is 119 cm³/mol. The van der Waals surface area contributed by atoms with Gasteiger partial charge in [-0.25, -0.2) is 0 Å². The summed E-state index contributed by atoms with van der Waals surface area (Å²) < 4.78 is 4.71. The Morgan fingerprint density at radius 1 is 1.20 bits per heavy atom. The van der Waals surface area contributed by atoms with E-state index in [1.165, 1.54) is 13.5 Å². The molecule has 7 atom stereocenters. The van der Waals surface area contributed by atoms with E-state index in [4.69, 9.17) is 4.74 Å². The summed E-state index contributed by atoms with van der Waals surface area (Å²) in [5.74, 6) is -0.340. The second kappa shape index (κ2) is 9.07. The van der Waals surface area contributed by atoms with E-state index in [0.717, 1.165) is 32.1 Å². The monoisotopic (exact) mass is 426 g/mol. The second-order valence-corrected chi connectivity index (χ2v) is 11.6. The van der Waals surface area contributed by atoms with Gasteiger partial charge in [0.15, 0.2) is 0 Å². The van der Waals surface area contributed by atoms with Crippen molar-refractivity contribution in [2.45, 2.75) is 117 Å². The fourth-order valence-corrected chi connectivity index (χ4v) is 6.45. The highest BCUT2D eigenvalue weighted by Gasteiger charge is 2.61. The number of aliphatic hydroxyl groups is 3. The molecule has 0 saturated heterocycles. The fraction of sp³-hybridized carbons (Fsp3) is 0.960. The summed E-state index contributed by atoms with van der Waals surface area (Å²) in [5.41, 5.74) is -1.74. The fourth-order valence-electron chi connectivity index (χ4n) is 6.45. The standard InChI is InChI=1S/C25H46O5/c1-17-9-10-20-22(3,4)12-8-13-25(20,29)24(17,6)16-15-23(5,28)14-11-19(26)18(2)21(27)30-7/h17-20,26,28-29H,8-16H2,1-7H3/t17-,18+,19+,20+,23+,24-,25+/m1/s1. The Kier molecular flexibility index (Phi) is 7.74. The van der Waals surface area contributed by atoms with E-state index in [-0.39, 0.29) is 10.8 Å². The maximum absolute atomic E-state index is 12.0.